The molecule has 0 bridgehead atoms. The van der Waals surface area contributed by atoms with E-state index in [2.05, 4.69) is 37.1 Å². The van der Waals surface area contributed by atoms with Gasteiger partial charge in [0, 0.05) is 12.4 Å². The molecule has 0 aliphatic carbocycles. The lowest BCUT2D eigenvalue weighted by molar-refractivity contribution is 0.0468. The second-order valence-electron chi connectivity index (χ2n) is 6.32. The van der Waals surface area contributed by atoms with E-state index >= 15 is 0 Å². The number of rotatable bonds is 2. The van der Waals surface area contributed by atoms with Gasteiger partial charge < -0.3 is 5.32 Å². The Morgan fingerprint density at radius 3 is 2.53 bits per heavy atom. The molecule has 2 heteroatoms. The predicted molar refractivity (Wildman–Crippen MR) is 71.9 cm³/mol. The van der Waals surface area contributed by atoms with Crippen LogP contribution in [0.2, 0.25) is 0 Å². The first kappa shape index (κ1) is 12.6. The summed E-state index contributed by atoms with van der Waals surface area (Å²) in [4.78, 5) is 4.25. The molecule has 0 spiro atoms. The number of nitrogens with zero attached hydrogens (tertiary/aromatic N) is 1. The standard InChI is InChI=1S/C15H24N2/c1-14(2,3)15(6-9-16-10-7-15)11-13-5-4-8-17-12-13/h4-5,8,12,16H,6-7,9-11H2,1-3H3. The van der Waals surface area contributed by atoms with Crippen LogP contribution >= 0.6 is 0 Å². The fourth-order valence-electron chi connectivity index (χ4n) is 2.99. The van der Waals surface area contributed by atoms with Gasteiger partial charge in [0.1, 0.15) is 0 Å². The van der Waals surface area contributed by atoms with Crippen LogP contribution in [0, 0.1) is 10.8 Å². The molecule has 1 aliphatic heterocycles. The fourth-order valence-corrected chi connectivity index (χ4v) is 2.99. The number of hydrogen-bond acceptors (Lipinski definition) is 2. The molecule has 17 heavy (non-hydrogen) atoms. The maximum absolute atomic E-state index is 4.25. The highest BCUT2D eigenvalue weighted by Gasteiger charge is 2.42. The summed E-state index contributed by atoms with van der Waals surface area (Å²) in [6.45, 7) is 9.45. The van der Waals surface area contributed by atoms with Gasteiger partial charge in [0.05, 0.1) is 0 Å². The summed E-state index contributed by atoms with van der Waals surface area (Å²) in [7, 11) is 0. The minimum absolute atomic E-state index is 0.352. The lowest BCUT2D eigenvalue weighted by Gasteiger charge is -2.48. The fraction of sp³-hybridized carbons (Fsp3) is 0.667. The topological polar surface area (TPSA) is 24.9 Å². The zero-order valence-electron chi connectivity index (χ0n) is 11.3. The van der Waals surface area contributed by atoms with E-state index < -0.39 is 0 Å². The number of pyridine rings is 1. The van der Waals surface area contributed by atoms with E-state index in [1.807, 2.05) is 18.5 Å². The first-order valence-electron chi connectivity index (χ1n) is 6.63. The maximum Gasteiger partial charge on any atom is 0.0300 e. The second kappa shape index (κ2) is 4.77. The third-order valence-corrected chi connectivity index (χ3v) is 4.42. The Bertz CT molecular complexity index is 345. The van der Waals surface area contributed by atoms with Gasteiger partial charge in [-0.1, -0.05) is 26.8 Å². The normalized spacial score (nSPS) is 20.2. The van der Waals surface area contributed by atoms with Gasteiger partial charge >= 0.3 is 0 Å². The predicted octanol–water partition coefficient (Wildman–Crippen LogP) is 3.04. The van der Waals surface area contributed by atoms with Crippen LogP contribution in [0.15, 0.2) is 24.5 Å². The zero-order valence-corrected chi connectivity index (χ0v) is 11.3. The summed E-state index contributed by atoms with van der Waals surface area (Å²) in [5.74, 6) is 0. The van der Waals surface area contributed by atoms with E-state index in [4.69, 9.17) is 0 Å². The van der Waals surface area contributed by atoms with Crippen LogP contribution < -0.4 is 5.32 Å². The van der Waals surface area contributed by atoms with E-state index in [0.29, 0.717) is 10.8 Å². The van der Waals surface area contributed by atoms with Crippen molar-refractivity contribution in [3.8, 4) is 0 Å². The molecule has 0 aromatic carbocycles. The van der Waals surface area contributed by atoms with Crippen molar-refractivity contribution in [2.45, 2.75) is 40.0 Å². The average Bonchev–Trinajstić information content (AvgIpc) is 2.30. The second-order valence-corrected chi connectivity index (χ2v) is 6.32. The van der Waals surface area contributed by atoms with Crippen LogP contribution in [0.25, 0.3) is 0 Å². The monoisotopic (exact) mass is 232 g/mol. The van der Waals surface area contributed by atoms with Gasteiger partial charge in [0.2, 0.25) is 0 Å². The Hall–Kier alpha value is -0.890. The molecule has 1 aromatic heterocycles. The number of hydrogen-bond donors (Lipinski definition) is 1. The average molecular weight is 232 g/mol. The Labute approximate surface area is 105 Å². The third kappa shape index (κ3) is 2.68. The van der Waals surface area contributed by atoms with Gasteiger partial charge in [-0.05, 0) is 54.8 Å². The van der Waals surface area contributed by atoms with E-state index in [9.17, 15) is 0 Å². The quantitative estimate of drug-likeness (QED) is 0.847. The minimum atomic E-state index is 0.352. The number of nitrogens with one attached hydrogen (secondary N) is 1. The Kier molecular flexibility index (Phi) is 3.53. The van der Waals surface area contributed by atoms with Crippen molar-refractivity contribution in [3.63, 3.8) is 0 Å². The van der Waals surface area contributed by atoms with Crippen molar-refractivity contribution < 1.29 is 0 Å². The molecule has 0 saturated carbocycles. The van der Waals surface area contributed by atoms with Gasteiger partial charge in [-0.25, -0.2) is 0 Å². The molecule has 94 valence electrons. The molecule has 1 aliphatic rings. The molecule has 2 heterocycles. The zero-order chi connectivity index (χ0) is 12.4. The van der Waals surface area contributed by atoms with Crippen molar-refractivity contribution in [1.29, 1.82) is 0 Å². The van der Waals surface area contributed by atoms with E-state index in [1.165, 1.54) is 18.4 Å². The Morgan fingerprint density at radius 1 is 1.29 bits per heavy atom. The molecule has 0 atom stereocenters. The number of aromatic nitrogens is 1. The number of piperidine rings is 1. The van der Waals surface area contributed by atoms with Gasteiger partial charge in [-0.15, -0.1) is 0 Å². The molecule has 0 amide bonds. The lowest BCUT2D eigenvalue weighted by Crippen LogP contribution is -2.46. The van der Waals surface area contributed by atoms with Gasteiger partial charge in [-0.2, -0.15) is 0 Å². The summed E-state index contributed by atoms with van der Waals surface area (Å²) in [6.07, 6.45) is 7.58. The summed E-state index contributed by atoms with van der Waals surface area (Å²) < 4.78 is 0. The molecule has 0 radical (unpaired) electrons. The highest BCUT2D eigenvalue weighted by atomic mass is 14.9. The first-order valence-corrected chi connectivity index (χ1v) is 6.63. The Balaban J connectivity index is 2.22. The molecule has 1 fully saturated rings. The molecule has 2 rings (SSSR count). The largest absolute Gasteiger partial charge is 0.317 e. The molecular formula is C15H24N2. The van der Waals surface area contributed by atoms with Gasteiger partial charge in [0.15, 0.2) is 0 Å². The summed E-state index contributed by atoms with van der Waals surface area (Å²) in [5.41, 5.74) is 2.15. The first-order chi connectivity index (χ1) is 8.04. The smallest absolute Gasteiger partial charge is 0.0300 e. The van der Waals surface area contributed by atoms with Crippen molar-refractivity contribution in [2.24, 2.45) is 10.8 Å². The van der Waals surface area contributed by atoms with Crippen LogP contribution in [-0.2, 0) is 6.42 Å². The van der Waals surface area contributed by atoms with Crippen LogP contribution in [0.3, 0.4) is 0 Å². The van der Waals surface area contributed by atoms with Crippen molar-refractivity contribution in [3.05, 3.63) is 30.1 Å². The molecule has 1 N–H and O–H groups in total. The molecular weight excluding hydrogens is 208 g/mol. The van der Waals surface area contributed by atoms with E-state index in [1.54, 1.807) is 0 Å². The Morgan fingerprint density at radius 2 is 2.00 bits per heavy atom. The van der Waals surface area contributed by atoms with Crippen molar-refractivity contribution in [2.75, 3.05) is 13.1 Å². The minimum Gasteiger partial charge on any atom is -0.317 e. The SMILES string of the molecule is CC(C)(C)C1(Cc2cccnc2)CCNCC1. The molecule has 0 unspecified atom stereocenters. The van der Waals surface area contributed by atoms with E-state index in [0.717, 1.165) is 19.5 Å². The summed E-state index contributed by atoms with van der Waals surface area (Å²) in [6, 6.07) is 4.26. The van der Waals surface area contributed by atoms with Crippen LogP contribution in [0.1, 0.15) is 39.2 Å². The van der Waals surface area contributed by atoms with Crippen LogP contribution in [0.4, 0.5) is 0 Å². The highest BCUT2D eigenvalue weighted by Crippen LogP contribution is 2.47. The molecule has 1 saturated heterocycles. The maximum atomic E-state index is 4.25. The van der Waals surface area contributed by atoms with Gasteiger partial charge in [0.25, 0.3) is 0 Å². The molecule has 1 aromatic rings. The van der Waals surface area contributed by atoms with Crippen LogP contribution in [0.5, 0.6) is 0 Å². The summed E-state index contributed by atoms with van der Waals surface area (Å²) in [5, 5.41) is 3.48. The van der Waals surface area contributed by atoms with Crippen LogP contribution in [-0.4, -0.2) is 18.1 Å². The highest BCUT2D eigenvalue weighted by molar-refractivity contribution is 5.13. The lowest BCUT2D eigenvalue weighted by atomic mass is 9.59. The van der Waals surface area contributed by atoms with Crippen molar-refractivity contribution in [1.82, 2.24) is 10.3 Å². The summed E-state index contributed by atoms with van der Waals surface area (Å²) >= 11 is 0. The molecule has 2 nitrogen and oxygen atoms in total. The van der Waals surface area contributed by atoms with E-state index in [-0.39, 0.29) is 0 Å². The van der Waals surface area contributed by atoms with Gasteiger partial charge in [-0.3, -0.25) is 4.98 Å². The van der Waals surface area contributed by atoms with Crippen molar-refractivity contribution >= 4 is 0 Å². The third-order valence-electron chi connectivity index (χ3n) is 4.42.